The van der Waals surface area contributed by atoms with Crippen molar-refractivity contribution in [3.05, 3.63) is 59.7 Å². The van der Waals surface area contributed by atoms with E-state index in [1.807, 2.05) is 30.5 Å². The van der Waals surface area contributed by atoms with Gasteiger partial charge in [0.05, 0.1) is 12.2 Å². The minimum absolute atomic E-state index is 0.0285. The van der Waals surface area contributed by atoms with Gasteiger partial charge in [-0.05, 0) is 31.4 Å². The number of hydrogen-bond acceptors (Lipinski definition) is 3. The van der Waals surface area contributed by atoms with Gasteiger partial charge in [0.15, 0.2) is 0 Å². The van der Waals surface area contributed by atoms with Crippen molar-refractivity contribution < 1.29 is 13.6 Å². The van der Waals surface area contributed by atoms with E-state index in [0.717, 1.165) is 16.6 Å². The van der Waals surface area contributed by atoms with E-state index >= 15 is 0 Å². The molecule has 122 valence electrons. The summed E-state index contributed by atoms with van der Waals surface area (Å²) >= 11 is 1.54. The lowest BCUT2D eigenvalue weighted by Crippen LogP contribution is -2.30. The fourth-order valence-electron chi connectivity index (χ4n) is 2.15. The number of halogens is 2. The van der Waals surface area contributed by atoms with Crippen LogP contribution in [-0.4, -0.2) is 18.7 Å². The highest BCUT2D eigenvalue weighted by Crippen LogP contribution is 2.24. The number of carbonyl (C=O) groups is 1. The van der Waals surface area contributed by atoms with Gasteiger partial charge >= 0.3 is 0 Å². The number of carbonyl (C=O) groups excluding carboxylic acids is 1. The second-order valence-corrected chi connectivity index (χ2v) is 5.86. The largest absolute Gasteiger partial charge is 0.324 e. The fourth-order valence-corrected chi connectivity index (χ4v) is 2.70. The van der Waals surface area contributed by atoms with Gasteiger partial charge in [-0.3, -0.25) is 4.79 Å². The summed E-state index contributed by atoms with van der Waals surface area (Å²) in [6.07, 6.45) is 1.93. The number of hydrogen-bond donors (Lipinski definition) is 2. The Bertz CT molecular complexity index is 694. The van der Waals surface area contributed by atoms with Crippen LogP contribution < -0.4 is 10.6 Å². The molecule has 0 saturated carbocycles. The van der Waals surface area contributed by atoms with Crippen molar-refractivity contribution in [3.8, 4) is 0 Å². The second-order valence-electron chi connectivity index (χ2n) is 5.02. The summed E-state index contributed by atoms with van der Waals surface area (Å²) in [7, 11) is 0. The van der Waals surface area contributed by atoms with Gasteiger partial charge in [0.2, 0.25) is 5.91 Å². The molecule has 0 spiro atoms. The molecule has 2 aromatic rings. The lowest BCUT2D eigenvalue weighted by atomic mass is 10.1. The van der Waals surface area contributed by atoms with Crippen LogP contribution in [0.5, 0.6) is 0 Å². The summed E-state index contributed by atoms with van der Waals surface area (Å²) in [5, 5.41) is 5.75. The molecular formula is C17H18F2N2OS. The van der Waals surface area contributed by atoms with E-state index in [-0.39, 0.29) is 12.5 Å². The number of rotatable bonds is 6. The van der Waals surface area contributed by atoms with Crippen molar-refractivity contribution >= 4 is 23.4 Å². The predicted molar refractivity (Wildman–Crippen MR) is 89.6 cm³/mol. The standard InChI is InChI=1S/C17H18F2N2OS/c1-11(13-8-7-12(18)9-14(13)19)20-10-17(22)21-15-5-3-4-6-16(15)23-2/h3-9,11,20H,10H2,1-2H3,(H,21,22)/t11-/m1/s1. The molecular weight excluding hydrogens is 318 g/mol. The zero-order valence-electron chi connectivity index (χ0n) is 12.9. The lowest BCUT2D eigenvalue weighted by Gasteiger charge is -2.15. The molecule has 0 radical (unpaired) electrons. The average Bonchev–Trinajstić information content (AvgIpc) is 2.53. The van der Waals surface area contributed by atoms with Crippen molar-refractivity contribution in [1.82, 2.24) is 5.32 Å². The maximum absolute atomic E-state index is 13.7. The van der Waals surface area contributed by atoms with Gasteiger partial charge < -0.3 is 10.6 Å². The summed E-state index contributed by atoms with van der Waals surface area (Å²) in [4.78, 5) is 13.0. The van der Waals surface area contributed by atoms with Crippen molar-refractivity contribution in [2.45, 2.75) is 17.9 Å². The molecule has 0 aliphatic heterocycles. The highest BCUT2D eigenvalue weighted by Gasteiger charge is 2.13. The zero-order chi connectivity index (χ0) is 16.8. The summed E-state index contributed by atoms with van der Waals surface area (Å²) in [6.45, 7) is 1.75. The number of thioether (sulfide) groups is 1. The molecule has 6 heteroatoms. The smallest absolute Gasteiger partial charge is 0.238 e. The molecule has 2 rings (SSSR count). The van der Waals surface area contributed by atoms with E-state index in [1.165, 1.54) is 12.1 Å². The first-order valence-corrected chi connectivity index (χ1v) is 8.35. The van der Waals surface area contributed by atoms with E-state index in [2.05, 4.69) is 10.6 Å². The van der Waals surface area contributed by atoms with Crippen LogP contribution >= 0.6 is 11.8 Å². The zero-order valence-corrected chi connectivity index (χ0v) is 13.7. The van der Waals surface area contributed by atoms with Crippen LogP contribution in [-0.2, 0) is 4.79 Å². The Balaban J connectivity index is 1.93. The highest BCUT2D eigenvalue weighted by molar-refractivity contribution is 7.98. The molecule has 23 heavy (non-hydrogen) atoms. The van der Waals surface area contributed by atoms with Crippen LogP contribution in [0.15, 0.2) is 47.4 Å². The Morgan fingerprint density at radius 2 is 1.96 bits per heavy atom. The van der Waals surface area contributed by atoms with Crippen LogP contribution in [0.1, 0.15) is 18.5 Å². The first kappa shape index (κ1) is 17.4. The minimum atomic E-state index is -0.627. The van der Waals surface area contributed by atoms with Crippen molar-refractivity contribution in [3.63, 3.8) is 0 Å². The third-order valence-corrected chi connectivity index (χ3v) is 4.17. The van der Waals surface area contributed by atoms with Gasteiger partial charge in [0.1, 0.15) is 11.6 Å². The first-order valence-electron chi connectivity index (χ1n) is 7.12. The highest BCUT2D eigenvalue weighted by atomic mass is 32.2. The Kier molecular flexibility index (Phi) is 6.12. The van der Waals surface area contributed by atoms with E-state index in [1.54, 1.807) is 18.7 Å². The Labute approximate surface area is 138 Å². The number of benzene rings is 2. The molecule has 0 aromatic heterocycles. The Morgan fingerprint density at radius 1 is 1.22 bits per heavy atom. The lowest BCUT2D eigenvalue weighted by molar-refractivity contribution is -0.115. The van der Waals surface area contributed by atoms with Crippen molar-refractivity contribution in [2.75, 3.05) is 18.1 Å². The molecule has 0 bridgehead atoms. The van der Waals surface area contributed by atoms with Crippen LogP contribution in [0.4, 0.5) is 14.5 Å². The Hall–Kier alpha value is -1.92. The van der Waals surface area contributed by atoms with Gasteiger partial charge in [-0.25, -0.2) is 8.78 Å². The Morgan fingerprint density at radius 3 is 2.65 bits per heavy atom. The monoisotopic (exact) mass is 336 g/mol. The third kappa shape index (κ3) is 4.77. The summed E-state index contributed by atoms with van der Waals surface area (Å²) in [6, 6.07) is 10.5. The van der Waals surface area contributed by atoms with Crippen molar-refractivity contribution in [2.24, 2.45) is 0 Å². The predicted octanol–water partition coefficient (Wildman–Crippen LogP) is 3.98. The van der Waals surface area contributed by atoms with E-state index in [0.29, 0.717) is 5.56 Å². The molecule has 2 N–H and O–H groups in total. The normalized spacial score (nSPS) is 12.0. The number of nitrogens with one attached hydrogen (secondary N) is 2. The van der Waals surface area contributed by atoms with Gasteiger partial charge in [0.25, 0.3) is 0 Å². The molecule has 2 aromatic carbocycles. The number of anilines is 1. The first-order chi connectivity index (χ1) is 11.0. The maximum atomic E-state index is 13.7. The maximum Gasteiger partial charge on any atom is 0.238 e. The van der Waals surface area contributed by atoms with E-state index in [4.69, 9.17) is 0 Å². The molecule has 0 heterocycles. The van der Waals surface area contributed by atoms with Gasteiger partial charge in [-0.1, -0.05) is 18.2 Å². The summed E-state index contributed by atoms with van der Waals surface area (Å²) in [5.74, 6) is -1.47. The van der Waals surface area contributed by atoms with Gasteiger partial charge in [-0.15, -0.1) is 11.8 Å². The average molecular weight is 336 g/mol. The van der Waals surface area contributed by atoms with Crippen LogP contribution in [0.2, 0.25) is 0 Å². The van der Waals surface area contributed by atoms with Crippen molar-refractivity contribution in [1.29, 1.82) is 0 Å². The number of amides is 1. The summed E-state index contributed by atoms with van der Waals surface area (Å²) in [5.41, 5.74) is 1.07. The molecule has 3 nitrogen and oxygen atoms in total. The van der Waals surface area contributed by atoms with E-state index in [9.17, 15) is 13.6 Å². The SMILES string of the molecule is CSc1ccccc1NC(=O)CN[C@H](C)c1ccc(F)cc1F. The minimum Gasteiger partial charge on any atom is -0.324 e. The molecule has 1 amide bonds. The molecule has 0 aliphatic rings. The quantitative estimate of drug-likeness (QED) is 0.784. The van der Waals surface area contributed by atoms with Crippen LogP contribution in [0, 0.1) is 11.6 Å². The van der Waals surface area contributed by atoms with Gasteiger partial charge in [-0.2, -0.15) is 0 Å². The number of para-hydroxylation sites is 1. The topological polar surface area (TPSA) is 41.1 Å². The molecule has 0 aliphatic carbocycles. The van der Waals surface area contributed by atoms with Crippen LogP contribution in [0.3, 0.4) is 0 Å². The third-order valence-electron chi connectivity index (χ3n) is 3.38. The second kappa shape index (κ2) is 8.08. The molecule has 0 fully saturated rings. The van der Waals surface area contributed by atoms with Gasteiger partial charge in [0, 0.05) is 22.6 Å². The molecule has 1 atom stereocenters. The van der Waals surface area contributed by atoms with Crippen LogP contribution in [0.25, 0.3) is 0 Å². The molecule has 0 unspecified atom stereocenters. The fraction of sp³-hybridized carbons (Fsp3) is 0.235. The summed E-state index contributed by atoms with van der Waals surface area (Å²) < 4.78 is 26.6. The molecule has 0 saturated heterocycles. The van der Waals surface area contributed by atoms with E-state index < -0.39 is 17.7 Å².